The maximum absolute atomic E-state index is 11.8. The molecule has 1 amide bonds. The van der Waals surface area contributed by atoms with Crippen molar-refractivity contribution >= 4 is 17.3 Å². The average Bonchev–Trinajstić information content (AvgIpc) is 2.42. The lowest BCUT2D eigenvalue weighted by Crippen LogP contribution is -2.46. The fraction of sp³-hybridized carbons (Fsp3) is 0.417. The van der Waals surface area contributed by atoms with E-state index in [0.717, 1.165) is 32.2 Å². The van der Waals surface area contributed by atoms with Crippen LogP contribution < -0.4 is 10.6 Å². The zero-order valence-electron chi connectivity index (χ0n) is 10.8. The molecule has 8 heteroatoms. The Balaban J connectivity index is 1.95. The molecule has 1 aromatic rings. The summed E-state index contributed by atoms with van der Waals surface area (Å²) in [5.41, 5.74) is -0.0432. The molecule has 0 unspecified atom stereocenters. The molecule has 1 aromatic carbocycles. The number of phenolic OH excluding ortho intramolecular Hbond substituents is 1. The topological polar surface area (TPSA) is 108 Å². The number of aromatic hydroxyl groups is 1. The monoisotopic (exact) mass is 280 g/mol. The maximum atomic E-state index is 11.8. The van der Waals surface area contributed by atoms with Crippen molar-refractivity contribution in [3.63, 3.8) is 0 Å². The summed E-state index contributed by atoms with van der Waals surface area (Å²) in [4.78, 5) is 23.8. The summed E-state index contributed by atoms with van der Waals surface area (Å²) in [7, 11) is 0. The fourth-order valence-electron chi connectivity index (χ4n) is 2.00. The number of phenols is 1. The number of non-ortho nitro benzene ring substituents is 1. The van der Waals surface area contributed by atoms with Crippen LogP contribution in [-0.4, -0.2) is 53.6 Å². The van der Waals surface area contributed by atoms with Gasteiger partial charge in [0.05, 0.1) is 23.2 Å². The molecule has 1 heterocycles. The zero-order valence-corrected chi connectivity index (χ0v) is 10.8. The second-order valence-electron chi connectivity index (χ2n) is 4.53. The Morgan fingerprint density at radius 1 is 1.45 bits per heavy atom. The third-order valence-corrected chi connectivity index (χ3v) is 3.04. The molecule has 0 atom stereocenters. The van der Waals surface area contributed by atoms with Crippen molar-refractivity contribution in [2.24, 2.45) is 0 Å². The molecule has 3 N–H and O–H groups in total. The standard InChI is InChI=1S/C12H16N4O4/c17-11-7-9(16(19)20)1-2-10(11)14-12(18)8-15-5-3-13-4-6-15/h1-2,7,13,17H,3-6,8H2,(H,14,18). The highest BCUT2D eigenvalue weighted by Gasteiger charge is 2.16. The van der Waals surface area contributed by atoms with Crippen LogP contribution in [0.5, 0.6) is 5.75 Å². The number of hydrogen-bond donors (Lipinski definition) is 3. The second kappa shape index (κ2) is 6.31. The lowest BCUT2D eigenvalue weighted by atomic mass is 10.2. The lowest BCUT2D eigenvalue weighted by Gasteiger charge is -2.26. The number of carbonyl (C=O) groups is 1. The van der Waals surface area contributed by atoms with Crippen LogP contribution in [0.25, 0.3) is 0 Å². The average molecular weight is 280 g/mol. The first-order valence-electron chi connectivity index (χ1n) is 6.26. The molecule has 108 valence electrons. The molecule has 0 spiro atoms. The van der Waals surface area contributed by atoms with Gasteiger partial charge in [-0.2, -0.15) is 0 Å². The van der Waals surface area contributed by atoms with Gasteiger partial charge < -0.3 is 15.7 Å². The summed E-state index contributed by atoms with van der Waals surface area (Å²) in [6.07, 6.45) is 0. The van der Waals surface area contributed by atoms with Crippen LogP contribution >= 0.6 is 0 Å². The van der Waals surface area contributed by atoms with Crippen molar-refractivity contribution in [2.45, 2.75) is 0 Å². The Hall–Kier alpha value is -2.19. The smallest absolute Gasteiger partial charge is 0.273 e. The van der Waals surface area contributed by atoms with E-state index >= 15 is 0 Å². The molecule has 0 saturated carbocycles. The van der Waals surface area contributed by atoms with Gasteiger partial charge in [-0.05, 0) is 6.07 Å². The normalized spacial score (nSPS) is 15.8. The Morgan fingerprint density at radius 3 is 2.75 bits per heavy atom. The van der Waals surface area contributed by atoms with Gasteiger partial charge in [0.2, 0.25) is 5.91 Å². The molecule has 0 aromatic heterocycles. The van der Waals surface area contributed by atoms with Crippen LogP contribution in [0, 0.1) is 10.1 Å². The Kier molecular flexibility index (Phi) is 4.49. The van der Waals surface area contributed by atoms with Crippen molar-refractivity contribution in [1.29, 1.82) is 0 Å². The highest BCUT2D eigenvalue weighted by molar-refractivity contribution is 5.93. The molecule has 1 saturated heterocycles. The molecular formula is C12H16N4O4. The third-order valence-electron chi connectivity index (χ3n) is 3.04. The van der Waals surface area contributed by atoms with Crippen LogP contribution in [0.4, 0.5) is 11.4 Å². The summed E-state index contributed by atoms with van der Waals surface area (Å²) >= 11 is 0. The Labute approximate surface area is 115 Å². The van der Waals surface area contributed by atoms with Crippen molar-refractivity contribution in [1.82, 2.24) is 10.2 Å². The molecular weight excluding hydrogens is 264 g/mol. The number of piperazine rings is 1. The van der Waals surface area contributed by atoms with E-state index in [0.29, 0.717) is 0 Å². The van der Waals surface area contributed by atoms with E-state index < -0.39 is 4.92 Å². The molecule has 1 aliphatic rings. The van der Waals surface area contributed by atoms with Gasteiger partial charge in [0.1, 0.15) is 5.75 Å². The summed E-state index contributed by atoms with van der Waals surface area (Å²) < 4.78 is 0. The van der Waals surface area contributed by atoms with Gasteiger partial charge in [0.25, 0.3) is 5.69 Å². The number of amides is 1. The van der Waals surface area contributed by atoms with Crippen molar-refractivity contribution in [3.05, 3.63) is 28.3 Å². The fourth-order valence-corrected chi connectivity index (χ4v) is 2.00. The number of anilines is 1. The predicted molar refractivity (Wildman–Crippen MR) is 72.7 cm³/mol. The van der Waals surface area contributed by atoms with Gasteiger partial charge in [-0.15, -0.1) is 0 Å². The van der Waals surface area contributed by atoms with E-state index in [2.05, 4.69) is 10.6 Å². The number of carbonyl (C=O) groups excluding carboxylic acids is 1. The van der Waals surface area contributed by atoms with Crippen molar-refractivity contribution in [2.75, 3.05) is 38.0 Å². The Morgan fingerprint density at radius 2 is 2.15 bits per heavy atom. The zero-order chi connectivity index (χ0) is 14.5. The first-order chi connectivity index (χ1) is 9.56. The van der Waals surface area contributed by atoms with E-state index in [1.165, 1.54) is 12.1 Å². The molecule has 2 rings (SSSR count). The van der Waals surface area contributed by atoms with E-state index in [-0.39, 0.29) is 29.6 Å². The first kappa shape index (κ1) is 14.2. The van der Waals surface area contributed by atoms with Gasteiger partial charge in [0, 0.05) is 32.2 Å². The number of nitro benzene ring substituents is 1. The second-order valence-corrected chi connectivity index (χ2v) is 4.53. The number of nitrogens with zero attached hydrogens (tertiary/aromatic N) is 2. The van der Waals surface area contributed by atoms with Crippen LogP contribution in [0.15, 0.2) is 18.2 Å². The number of hydrogen-bond acceptors (Lipinski definition) is 6. The van der Waals surface area contributed by atoms with Crippen LogP contribution in [0.2, 0.25) is 0 Å². The highest BCUT2D eigenvalue weighted by atomic mass is 16.6. The largest absolute Gasteiger partial charge is 0.506 e. The summed E-state index contributed by atoms with van der Waals surface area (Å²) in [6, 6.07) is 3.57. The SMILES string of the molecule is O=C(CN1CCNCC1)Nc1ccc([N+](=O)[O-])cc1O. The van der Waals surface area contributed by atoms with Crippen LogP contribution in [-0.2, 0) is 4.79 Å². The summed E-state index contributed by atoms with van der Waals surface area (Å²) in [6.45, 7) is 3.50. The molecule has 0 bridgehead atoms. The van der Waals surface area contributed by atoms with Gasteiger partial charge >= 0.3 is 0 Å². The summed E-state index contributed by atoms with van der Waals surface area (Å²) in [5.74, 6) is -0.566. The van der Waals surface area contributed by atoms with Gasteiger partial charge in [-0.25, -0.2) is 0 Å². The summed E-state index contributed by atoms with van der Waals surface area (Å²) in [5, 5.41) is 25.9. The number of rotatable bonds is 4. The minimum Gasteiger partial charge on any atom is -0.506 e. The highest BCUT2D eigenvalue weighted by Crippen LogP contribution is 2.27. The van der Waals surface area contributed by atoms with Crippen LogP contribution in [0.3, 0.4) is 0 Å². The van der Waals surface area contributed by atoms with Gasteiger partial charge in [-0.3, -0.25) is 19.8 Å². The van der Waals surface area contributed by atoms with Crippen LogP contribution in [0.1, 0.15) is 0 Å². The molecule has 1 fully saturated rings. The van der Waals surface area contributed by atoms with E-state index in [1.807, 2.05) is 4.90 Å². The number of nitro groups is 1. The quantitative estimate of drug-likeness (QED) is 0.411. The number of benzene rings is 1. The number of nitrogens with one attached hydrogen (secondary N) is 2. The lowest BCUT2D eigenvalue weighted by molar-refractivity contribution is -0.384. The maximum Gasteiger partial charge on any atom is 0.273 e. The molecule has 8 nitrogen and oxygen atoms in total. The minimum atomic E-state index is -0.605. The molecule has 0 radical (unpaired) electrons. The van der Waals surface area contributed by atoms with E-state index in [4.69, 9.17) is 0 Å². The van der Waals surface area contributed by atoms with Crippen molar-refractivity contribution in [3.8, 4) is 5.75 Å². The first-order valence-corrected chi connectivity index (χ1v) is 6.26. The molecule has 0 aliphatic carbocycles. The van der Waals surface area contributed by atoms with Crippen molar-refractivity contribution < 1.29 is 14.8 Å². The van der Waals surface area contributed by atoms with Gasteiger partial charge in [-0.1, -0.05) is 0 Å². The van der Waals surface area contributed by atoms with E-state index in [1.54, 1.807) is 0 Å². The van der Waals surface area contributed by atoms with Gasteiger partial charge in [0.15, 0.2) is 0 Å². The predicted octanol–water partition coefficient (Wildman–Crippen LogP) is 0.144. The third kappa shape index (κ3) is 3.65. The van der Waals surface area contributed by atoms with E-state index in [9.17, 15) is 20.0 Å². The Bertz CT molecular complexity index is 514. The molecule has 20 heavy (non-hydrogen) atoms. The minimum absolute atomic E-state index is 0.177. The molecule has 1 aliphatic heterocycles.